The smallest absolute Gasteiger partial charge is 0.118 e. The summed E-state index contributed by atoms with van der Waals surface area (Å²) in [4.78, 5) is 0. The minimum Gasteiger partial charge on any atom is -0.497 e. The maximum absolute atomic E-state index is 5.14. The summed E-state index contributed by atoms with van der Waals surface area (Å²) in [5.74, 6) is 0.924. The van der Waals surface area contributed by atoms with Gasteiger partial charge in [-0.25, -0.2) is 0 Å². The van der Waals surface area contributed by atoms with Crippen LogP contribution in [0.5, 0.6) is 5.75 Å². The van der Waals surface area contributed by atoms with Gasteiger partial charge in [0.2, 0.25) is 0 Å². The van der Waals surface area contributed by atoms with Crippen LogP contribution in [0.2, 0.25) is 0 Å². The molecule has 0 heterocycles. The molecule has 1 unspecified atom stereocenters. The highest BCUT2D eigenvalue weighted by molar-refractivity contribution is 9.09. The Kier molecular flexibility index (Phi) is 7.29. The predicted molar refractivity (Wildman–Crippen MR) is 77.2 cm³/mol. The minimum atomic E-state index is 0.632. The lowest BCUT2D eigenvalue weighted by Gasteiger charge is -2.15. The van der Waals surface area contributed by atoms with Crippen LogP contribution in [0.3, 0.4) is 0 Å². The SMILES string of the molecule is CCC(CCBr)NCCc1ccc(OC)cc1. The Hall–Kier alpha value is -0.540. The van der Waals surface area contributed by atoms with Gasteiger partial charge >= 0.3 is 0 Å². The van der Waals surface area contributed by atoms with Crippen molar-refractivity contribution >= 4 is 15.9 Å². The highest BCUT2D eigenvalue weighted by Gasteiger charge is 2.03. The standard InChI is InChI=1S/C14H22BrNO/c1-3-13(8-10-15)16-11-9-12-4-6-14(17-2)7-5-12/h4-7,13,16H,3,8-11H2,1-2H3. The van der Waals surface area contributed by atoms with E-state index in [1.165, 1.54) is 18.4 Å². The molecule has 0 amide bonds. The van der Waals surface area contributed by atoms with E-state index in [1.807, 2.05) is 12.1 Å². The lowest BCUT2D eigenvalue weighted by molar-refractivity contribution is 0.414. The van der Waals surface area contributed by atoms with Crippen LogP contribution < -0.4 is 10.1 Å². The molecule has 0 spiro atoms. The zero-order valence-corrected chi connectivity index (χ0v) is 12.3. The first-order chi connectivity index (χ1) is 8.30. The summed E-state index contributed by atoms with van der Waals surface area (Å²) in [6.45, 7) is 3.27. The van der Waals surface area contributed by atoms with E-state index in [2.05, 4.69) is 40.3 Å². The quantitative estimate of drug-likeness (QED) is 0.743. The monoisotopic (exact) mass is 299 g/mol. The number of benzene rings is 1. The fraction of sp³-hybridized carbons (Fsp3) is 0.571. The highest BCUT2D eigenvalue weighted by atomic mass is 79.9. The van der Waals surface area contributed by atoms with Gasteiger partial charge in [-0.05, 0) is 43.5 Å². The average Bonchev–Trinajstić information content (AvgIpc) is 2.38. The first-order valence-electron chi connectivity index (χ1n) is 6.22. The van der Waals surface area contributed by atoms with Crippen molar-refractivity contribution in [2.24, 2.45) is 0 Å². The molecule has 0 bridgehead atoms. The molecule has 0 aliphatic rings. The molecule has 0 saturated heterocycles. The van der Waals surface area contributed by atoms with Gasteiger partial charge in [0.25, 0.3) is 0 Å². The molecule has 0 aliphatic carbocycles. The zero-order valence-electron chi connectivity index (χ0n) is 10.7. The molecule has 96 valence electrons. The second-order valence-electron chi connectivity index (χ2n) is 4.14. The van der Waals surface area contributed by atoms with Gasteiger partial charge in [0.1, 0.15) is 5.75 Å². The van der Waals surface area contributed by atoms with E-state index in [-0.39, 0.29) is 0 Å². The van der Waals surface area contributed by atoms with Gasteiger partial charge in [0.05, 0.1) is 7.11 Å². The van der Waals surface area contributed by atoms with Gasteiger partial charge < -0.3 is 10.1 Å². The maximum atomic E-state index is 5.14. The van der Waals surface area contributed by atoms with Gasteiger partial charge in [-0.1, -0.05) is 35.0 Å². The first-order valence-corrected chi connectivity index (χ1v) is 7.34. The van der Waals surface area contributed by atoms with Crippen molar-refractivity contribution in [3.63, 3.8) is 0 Å². The topological polar surface area (TPSA) is 21.3 Å². The number of halogens is 1. The van der Waals surface area contributed by atoms with Gasteiger partial charge in [0.15, 0.2) is 0 Å². The second kappa shape index (κ2) is 8.54. The summed E-state index contributed by atoms with van der Waals surface area (Å²) in [5.41, 5.74) is 1.35. The molecule has 0 fully saturated rings. The van der Waals surface area contributed by atoms with E-state index in [1.54, 1.807) is 7.11 Å². The van der Waals surface area contributed by atoms with Crippen LogP contribution in [0, 0.1) is 0 Å². The van der Waals surface area contributed by atoms with Gasteiger partial charge in [0, 0.05) is 11.4 Å². The van der Waals surface area contributed by atoms with E-state index >= 15 is 0 Å². The maximum Gasteiger partial charge on any atom is 0.118 e. The number of hydrogen-bond acceptors (Lipinski definition) is 2. The molecular formula is C14H22BrNO. The van der Waals surface area contributed by atoms with E-state index in [0.717, 1.165) is 24.0 Å². The van der Waals surface area contributed by atoms with E-state index in [4.69, 9.17) is 4.74 Å². The Bertz CT molecular complexity index is 300. The second-order valence-corrected chi connectivity index (χ2v) is 4.93. The Balaban J connectivity index is 2.29. The highest BCUT2D eigenvalue weighted by Crippen LogP contribution is 2.11. The molecule has 17 heavy (non-hydrogen) atoms. The Morgan fingerprint density at radius 1 is 1.29 bits per heavy atom. The molecule has 1 aromatic carbocycles. The summed E-state index contributed by atoms with van der Waals surface area (Å²) >= 11 is 3.49. The molecule has 0 radical (unpaired) electrons. The van der Waals surface area contributed by atoms with Gasteiger partial charge in [-0.15, -0.1) is 0 Å². The van der Waals surface area contributed by atoms with Crippen molar-refractivity contribution in [1.29, 1.82) is 0 Å². The third-order valence-electron chi connectivity index (χ3n) is 2.96. The van der Waals surface area contributed by atoms with Crippen molar-refractivity contribution < 1.29 is 4.74 Å². The lowest BCUT2D eigenvalue weighted by atomic mass is 10.1. The summed E-state index contributed by atoms with van der Waals surface area (Å²) < 4.78 is 5.14. The molecular weight excluding hydrogens is 278 g/mol. The molecule has 1 atom stereocenters. The van der Waals surface area contributed by atoms with Crippen LogP contribution in [-0.4, -0.2) is 25.0 Å². The van der Waals surface area contributed by atoms with Crippen LogP contribution in [0.4, 0.5) is 0 Å². The predicted octanol–water partition coefficient (Wildman–Crippen LogP) is 3.39. The molecule has 1 aromatic rings. The molecule has 1 rings (SSSR count). The molecule has 0 aliphatic heterocycles. The van der Waals surface area contributed by atoms with E-state index < -0.39 is 0 Å². The number of alkyl halides is 1. The summed E-state index contributed by atoms with van der Waals surface area (Å²) in [6.07, 6.45) is 3.45. The molecule has 0 aromatic heterocycles. The van der Waals surface area contributed by atoms with Crippen molar-refractivity contribution in [2.45, 2.75) is 32.2 Å². The fourth-order valence-corrected chi connectivity index (χ4v) is 2.35. The Morgan fingerprint density at radius 2 is 2.00 bits per heavy atom. The van der Waals surface area contributed by atoms with Crippen LogP contribution in [0.15, 0.2) is 24.3 Å². The van der Waals surface area contributed by atoms with Crippen molar-refractivity contribution in [3.05, 3.63) is 29.8 Å². The summed E-state index contributed by atoms with van der Waals surface area (Å²) in [7, 11) is 1.70. The van der Waals surface area contributed by atoms with Gasteiger partial charge in [-0.3, -0.25) is 0 Å². The third-order valence-corrected chi connectivity index (χ3v) is 3.41. The number of nitrogens with one attached hydrogen (secondary N) is 1. The van der Waals surface area contributed by atoms with Crippen molar-refractivity contribution in [3.8, 4) is 5.75 Å². The Morgan fingerprint density at radius 3 is 2.53 bits per heavy atom. The zero-order chi connectivity index (χ0) is 12.5. The third kappa shape index (κ3) is 5.55. The van der Waals surface area contributed by atoms with Crippen molar-refractivity contribution in [2.75, 3.05) is 19.0 Å². The van der Waals surface area contributed by atoms with Crippen LogP contribution in [0.1, 0.15) is 25.3 Å². The molecule has 1 N–H and O–H groups in total. The molecule has 3 heteroatoms. The van der Waals surface area contributed by atoms with Crippen LogP contribution in [0.25, 0.3) is 0 Å². The van der Waals surface area contributed by atoms with Crippen LogP contribution in [-0.2, 0) is 6.42 Å². The average molecular weight is 300 g/mol. The number of methoxy groups -OCH3 is 1. The molecule has 0 saturated carbocycles. The van der Waals surface area contributed by atoms with E-state index in [9.17, 15) is 0 Å². The number of ether oxygens (including phenoxy) is 1. The lowest BCUT2D eigenvalue weighted by Crippen LogP contribution is -2.30. The Labute approximate surface area is 113 Å². The summed E-state index contributed by atoms with van der Waals surface area (Å²) in [6, 6.07) is 8.93. The van der Waals surface area contributed by atoms with Gasteiger partial charge in [-0.2, -0.15) is 0 Å². The number of rotatable bonds is 8. The summed E-state index contributed by atoms with van der Waals surface area (Å²) in [5, 5.41) is 4.66. The molecule has 2 nitrogen and oxygen atoms in total. The van der Waals surface area contributed by atoms with E-state index in [0.29, 0.717) is 6.04 Å². The normalized spacial score (nSPS) is 12.4. The minimum absolute atomic E-state index is 0.632. The largest absolute Gasteiger partial charge is 0.497 e. The van der Waals surface area contributed by atoms with Crippen LogP contribution >= 0.6 is 15.9 Å². The van der Waals surface area contributed by atoms with Crippen molar-refractivity contribution in [1.82, 2.24) is 5.32 Å². The first kappa shape index (κ1) is 14.5. The fourth-order valence-electron chi connectivity index (χ4n) is 1.80. The number of hydrogen-bond donors (Lipinski definition) is 1.